The molecule has 0 saturated heterocycles. The first-order chi connectivity index (χ1) is 11.3. The van der Waals surface area contributed by atoms with Crippen molar-refractivity contribution in [1.82, 2.24) is 0 Å². The Labute approximate surface area is 137 Å². The topological polar surface area (TPSA) is 43.4 Å². The molecule has 23 heavy (non-hydrogen) atoms. The molecule has 0 aliphatic carbocycles. The predicted octanol–water partition coefficient (Wildman–Crippen LogP) is 4.94. The van der Waals surface area contributed by atoms with Gasteiger partial charge in [0.05, 0.1) is 6.61 Å². The molecule has 0 aromatic heterocycles. The molecule has 2 rings (SSSR count). The second kappa shape index (κ2) is 8.89. The number of hydrogen-bond acceptors (Lipinski definition) is 3. The van der Waals surface area contributed by atoms with Crippen LogP contribution in [0.25, 0.3) is 11.1 Å². The SMILES string of the molecule is CCCCCCOc1ccc(-c2cc(C=O)ccc2C=O)cc1. The summed E-state index contributed by atoms with van der Waals surface area (Å²) >= 11 is 0. The van der Waals surface area contributed by atoms with E-state index < -0.39 is 0 Å². The number of benzene rings is 2. The van der Waals surface area contributed by atoms with Crippen LogP contribution in [0.15, 0.2) is 42.5 Å². The van der Waals surface area contributed by atoms with Crippen molar-refractivity contribution in [3.63, 3.8) is 0 Å². The summed E-state index contributed by atoms with van der Waals surface area (Å²) in [7, 11) is 0. The first-order valence-corrected chi connectivity index (χ1v) is 8.06. The highest BCUT2D eigenvalue weighted by molar-refractivity contribution is 5.90. The van der Waals surface area contributed by atoms with Gasteiger partial charge >= 0.3 is 0 Å². The number of unbranched alkanes of at least 4 members (excludes halogenated alkanes) is 3. The van der Waals surface area contributed by atoms with Crippen LogP contribution in [0.4, 0.5) is 0 Å². The molecule has 0 unspecified atom stereocenters. The summed E-state index contributed by atoms with van der Waals surface area (Å²) in [5.41, 5.74) is 2.79. The highest BCUT2D eigenvalue weighted by atomic mass is 16.5. The Morgan fingerprint density at radius 3 is 2.35 bits per heavy atom. The van der Waals surface area contributed by atoms with E-state index >= 15 is 0 Å². The summed E-state index contributed by atoms with van der Waals surface area (Å²) < 4.78 is 5.72. The molecule has 0 aliphatic rings. The van der Waals surface area contributed by atoms with E-state index in [1.54, 1.807) is 18.2 Å². The highest BCUT2D eigenvalue weighted by Gasteiger charge is 2.06. The maximum Gasteiger partial charge on any atom is 0.150 e. The molecule has 2 aromatic carbocycles. The number of carbonyl (C=O) groups is 2. The molecule has 0 bridgehead atoms. The zero-order valence-corrected chi connectivity index (χ0v) is 13.5. The lowest BCUT2D eigenvalue weighted by atomic mass is 9.98. The van der Waals surface area contributed by atoms with Gasteiger partial charge in [0, 0.05) is 11.1 Å². The smallest absolute Gasteiger partial charge is 0.150 e. The van der Waals surface area contributed by atoms with E-state index in [4.69, 9.17) is 4.74 Å². The van der Waals surface area contributed by atoms with E-state index in [0.29, 0.717) is 11.1 Å². The largest absolute Gasteiger partial charge is 0.494 e. The van der Waals surface area contributed by atoms with Crippen LogP contribution in [-0.4, -0.2) is 19.2 Å². The van der Waals surface area contributed by atoms with Crippen molar-refractivity contribution in [2.45, 2.75) is 32.6 Å². The van der Waals surface area contributed by atoms with Gasteiger partial charge in [-0.3, -0.25) is 9.59 Å². The Morgan fingerprint density at radius 2 is 1.70 bits per heavy atom. The number of rotatable bonds is 9. The third-order valence-electron chi connectivity index (χ3n) is 3.77. The summed E-state index contributed by atoms with van der Waals surface area (Å²) in [5.74, 6) is 0.824. The lowest BCUT2D eigenvalue weighted by molar-refractivity contribution is 0.111. The molecule has 2 aromatic rings. The van der Waals surface area contributed by atoms with Crippen LogP contribution in [0.2, 0.25) is 0 Å². The number of aldehydes is 2. The van der Waals surface area contributed by atoms with Crippen molar-refractivity contribution in [2.75, 3.05) is 6.61 Å². The normalized spacial score (nSPS) is 10.3. The quantitative estimate of drug-likeness (QED) is 0.487. The van der Waals surface area contributed by atoms with Crippen molar-refractivity contribution in [3.8, 4) is 16.9 Å². The van der Waals surface area contributed by atoms with Crippen molar-refractivity contribution in [2.24, 2.45) is 0 Å². The molecule has 0 heterocycles. The molecule has 3 nitrogen and oxygen atoms in total. The molecule has 0 spiro atoms. The van der Waals surface area contributed by atoms with Gasteiger partial charge in [-0.15, -0.1) is 0 Å². The lowest BCUT2D eigenvalue weighted by Crippen LogP contribution is -1.97. The van der Waals surface area contributed by atoms with E-state index in [-0.39, 0.29) is 0 Å². The van der Waals surface area contributed by atoms with Crippen LogP contribution in [0.1, 0.15) is 53.3 Å². The van der Waals surface area contributed by atoms with Crippen LogP contribution >= 0.6 is 0 Å². The summed E-state index contributed by atoms with van der Waals surface area (Å²) in [6, 6.07) is 12.7. The van der Waals surface area contributed by atoms with Crippen molar-refractivity contribution >= 4 is 12.6 Å². The Balaban J connectivity index is 2.07. The van der Waals surface area contributed by atoms with Gasteiger partial charge in [0.25, 0.3) is 0 Å². The van der Waals surface area contributed by atoms with Crippen LogP contribution in [0.3, 0.4) is 0 Å². The van der Waals surface area contributed by atoms with Crippen molar-refractivity contribution in [3.05, 3.63) is 53.6 Å². The molecule has 0 radical (unpaired) electrons. The zero-order chi connectivity index (χ0) is 16.5. The van der Waals surface area contributed by atoms with E-state index in [1.165, 1.54) is 19.3 Å². The second-order valence-electron chi connectivity index (χ2n) is 5.52. The minimum absolute atomic E-state index is 0.557. The van der Waals surface area contributed by atoms with Gasteiger partial charge in [-0.25, -0.2) is 0 Å². The third kappa shape index (κ3) is 4.78. The first-order valence-electron chi connectivity index (χ1n) is 8.06. The van der Waals surface area contributed by atoms with Gasteiger partial charge < -0.3 is 4.74 Å². The van der Waals surface area contributed by atoms with Crippen LogP contribution in [0.5, 0.6) is 5.75 Å². The van der Waals surface area contributed by atoms with Gasteiger partial charge in [-0.05, 0) is 35.7 Å². The molecular weight excluding hydrogens is 288 g/mol. The van der Waals surface area contributed by atoms with Crippen molar-refractivity contribution in [1.29, 1.82) is 0 Å². The molecule has 0 amide bonds. The van der Waals surface area contributed by atoms with E-state index in [0.717, 1.165) is 42.5 Å². The first kappa shape index (κ1) is 16.9. The molecule has 3 heteroatoms. The Bertz CT molecular complexity index is 644. The molecule has 120 valence electrons. The zero-order valence-electron chi connectivity index (χ0n) is 13.5. The minimum Gasteiger partial charge on any atom is -0.494 e. The average molecular weight is 310 g/mol. The van der Waals surface area contributed by atoms with E-state index in [2.05, 4.69) is 6.92 Å². The number of ether oxygens (including phenoxy) is 1. The fourth-order valence-electron chi connectivity index (χ4n) is 2.45. The van der Waals surface area contributed by atoms with Gasteiger partial charge in [0.2, 0.25) is 0 Å². The molecule has 0 atom stereocenters. The Morgan fingerprint density at radius 1 is 0.913 bits per heavy atom. The second-order valence-corrected chi connectivity index (χ2v) is 5.52. The summed E-state index contributed by atoms with van der Waals surface area (Å²) in [4.78, 5) is 22.1. The maximum absolute atomic E-state index is 11.2. The maximum atomic E-state index is 11.2. The van der Waals surface area contributed by atoms with Gasteiger partial charge in [-0.1, -0.05) is 50.5 Å². The summed E-state index contributed by atoms with van der Waals surface area (Å²) in [5, 5.41) is 0. The molecule has 0 N–H and O–H groups in total. The average Bonchev–Trinajstić information content (AvgIpc) is 2.61. The minimum atomic E-state index is 0.557. The highest BCUT2D eigenvalue weighted by Crippen LogP contribution is 2.26. The van der Waals surface area contributed by atoms with E-state index in [1.807, 2.05) is 24.3 Å². The predicted molar refractivity (Wildman–Crippen MR) is 92.3 cm³/mol. The molecule has 0 saturated carbocycles. The van der Waals surface area contributed by atoms with Gasteiger partial charge in [0.15, 0.2) is 6.29 Å². The fourth-order valence-corrected chi connectivity index (χ4v) is 2.45. The standard InChI is InChI=1S/C20H22O3/c1-2-3-4-5-12-23-19-10-8-17(9-11-19)20-13-16(14-21)6-7-18(20)15-22/h6-11,13-15H,2-5,12H2,1H3. The van der Waals surface area contributed by atoms with Crippen LogP contribution < -0.4 is 4.74 Å². The van der Waals surface area contributed by atoms with E-state index in [9.17, 15) is 9.59 Å². The lowest BCUT2D eigenvalue weighted by Gasteiger charge is -2.09. The van der Waals surface area contributed by atoms with Gasteiger partial charge in [-0.2, -0.15) is 0 Å². The fraction of sp³-hybridized carbons (Fsp3) is 0.300. The van der Waals surface area contributed by atoms with Gasteiger partial charge in [0.1, 0.15) is 12.0 Å². The monoisotopic (exact) mass is 310 g/mol. The molecular formula is C20H22O3. The summed E-state index contributed by atoms with van der Waals surface area (Å²) in [6.07, 6.45) is 6.30. The number of carbonyl (C=O) groups excluding carboxylic acids is 2. The molecule has 0 aliphatic heterocycles. The van der Waals surface area contributed by atoms with Crippen molar-refractivity contribution < 1.29 is 14.3 Å². The Hall–Kier alpha value is -2.42. The summed E-state index contributed by atoms with van der Waals surface area (Å²) in [6.45, 7) is 2.91. The van der Waals surface area contributed by atoms with Crippen LogP contribution in [0, 0.1) is 0 Å². The van der Waals surface area contributed by atoms with Crippen LogP contribution in [-0.2, 0) is 0 Å². The number of hydrogen-bond donors (Lipinski definition) is 0. The molecule has 0 fully saturated rings. The Kier molecular flexibility index (Phi) is 6.55. The third-order valence-corrected chi connectivity index (χ3v) is 3.77.